The third-order valence-electron chi connectivity index (χ3n) is 4.25. The number of hydrogen-bond acceptors (Lipinski definition) is 2. The fraction of sp³-hybridized carbons (Fsp3) is 0.438. The van der Waals surface area contributed by atoms with Gasteiger partial charge in [-0.15, -0.1) is 0 Å². The van der Waals surface area contributed by atoms with Gasteiger partial charge < -0.3 is 9.67 Å². The van der Waals surface area contributed by atoms with Crippen molar-refractivity contribution < 1.29 is 9.90 Å². The minimum absolute atomic E-state index is 0.331. The van der Waals surface area contributed by atoms with Gasteiger partial charge in [0, 0.05) is 30.7 Å². The summed E-state index contributed by atoms with van der Waals surface area (Å²) in [6.07, 6.45) is 5.00. The van der Waals surface area contributed by atoms with E-state index in [1.165, 1.54) is 16.5 Å². The summed E-state index contributed by atoms with van der Waals surface area (Å²) in [5.41, 5.74) is 2.42. The molecule has 0 saturated carbocycles. The van der Waals surface area contributed by atoms with Crippen LogP contribution in [0.1, 0.15) is 24.8 Å². The van der Waals surface area contributed by atoms with E-state index in [1.807, 2.05) is 19.2 Å². The summed E-state index contributed by atoms with van der Waals surface area (Å²) in [5.74, 6) is -0.690. The zero-order chi connectivity index (χ0) is 14.1. The molecule has 1 aromatic heterocycles. The quantitative estimate of drug-likeness (QED) is 0.934. The van der Waals surface area contributed by atoms with Gasteiger partial charge in [-0.05, 0) is 31.0 Å². The highest BCUT2D eigenvalue weighted by molar-refractivity contribution is 5.84. The third kappa shape index (κ3) is 2.31. The van der Waals surface area contributed by atoms with Gasteiger partial charge in [0.15, 0.2) is 0 Å². The molecule has 0 bridgehead atoms. The first-order valence-electron chi connectivity index (χ1n) is 7.16. The van der Waals surface area contributed by atoms with Crippen LogP contribution in [0, 0.1) is 0 Å². The second kappa shape index (κ2) is 5.29. The molecular weight excluding hydrogens is 252 g/mol. The van der Waals surface area contributed by atoms with Gasteiger partial charge in [-0.25, -0.2) is 0 Å². The maximum Gasteiger partial charge on any atom is 0.320 e. The SMILES string of the molecule is Cn1cc(CN2CCCCC2C(=O)O)c2ccccc21. The molecule has 4 heteroatoms. The van der Waals surface area contributed by atoms with Crippen LogP contribution in [-0.2, 0) is 18.4 Å². The van der Waals surface area contributed by atoms with Crippen molar-refractivity contribution in [3.05, 3.63) is 36.0 Å². The normalized spacial score (nSPS) is 20.4. The van der Waals surface area contributed by atoms with E-state index in [1.54, 1.807) is 0 Å². The van der Waals surface area contributed by atoms with Crippen molar-refractivity contribution >= 4 is 16.9 Å². The van der Waals surface area contributed by atoms with Crippen LogP contribution in [0.25, 0.3) is 10.9 Å². The molecule has 106 valence electrons. The number of aromatic nitrogens is 1. The van der Waals surface area contributed by atoms with E-state index in [4.69, 9.17) is 0 Å². The Balaban J connectivity index is 1.90. The Morgan fingerprint density at radius 3 is 2.95 bits per heavy atom. The maximum absolute atomic E-state index is 11.4. The second-order valence-electron chi connectivity index (χ2n) is 5.60. The lowest BCUT2D eigenvalue weighted by Gasteiger charge is -2.32. The first-order valence-corrected chi connectivity index (χ1v) is 7.16. The van der Waals surface area contributed by atoms with E-state index in [2.05, 4.69) is 27.8 Å². The molecule has 0 spiro atoms. The molecule has 0 radical (unpaired) electrons. The van der Waals surface area contributed by atoms with Crippen LogP contribution in [0.3, 0.4) is 0 Å². The molecule has 0 aliphatic carbocycles. The molecule has 1 fully saturated rings. The number of benzene rings is 1. The number of nitrogens with zero attached hydrogens (tertiary/aromatic N) is 2. The van der Waals surface area contributed by atoms with E-state index in [0.29, 0.717) is 0 Å². The van der Waals surface area contributed by atoms with Gasteiger partial charge in [0.1, 0.15) is 6.04 Å². The lowest BCUT2D eigenvalue weighted by molar-refractivity contribution is -0.144. The van der Waals surface area contributed by atoms with E-state index < -0.39 is 5.97 Å². The molecule has 20 heavy (non-hydrogen) atoms. The first-order chi connectivity index (χ1) is 9.66. The topological polar surface area (TPSA) is 45.5 Å². The molecule has 4 nitrogen and oxygen atoms in total. The first kappa shape index (κ1) is 13.2. The van der Waals surface area contributed by atoms with E-state index in [9.17, 15) is 9.90 Å². The molecule has 0 amide bonds. The zero-order valence-corrected chi connectivity index (χ0v) is 11.7. The molecule has 1 aliphatic rings. The summed E-state index contributed by atoms with van der Waals surface area (Å²) in [5, 5.41) is 10.6. The fourth-order valence-electron chi connectivity index (χ4n) is 3.23. The van der Waals surface area contributed by atoms with E-state index in [-0.39, 0.29) is 6.04 Å². The molecule has 1 aromatic carbocycles. The van der Waals surface area contributed by atoms with Crippen molar-refractivity contribution in [2.75, 3.05) is 6.54 Å². The van der Waals surface area contributed by atoms with Crippen LogP contribution in [0.4, 0.5) is 0 Å². The molecule has 2 heterocycles. The van der Waals surface area contributed by atoms with Crippen LogP contribution in [0.2, 0.25) is 0 Å². The number of hydrogen-bond donors (Lipinski definition) is 1. The van der Waals surface area contributed by atoms with Gasteiger partial charge in [-0.2, -0.15) is 0 Å². The average Bonchev–Trinajstić information content (AvgIpc) is 2.76. The number of likely N-dealkylation sites (tertiary alicyclic amines) is 1. The molecule has 2 aromatic rings. The van der Waals surface area contributed by atoms with E-state index >= 15 is 0 Å². The van der Waals surface area contributed by atoms with Crippen LogP contribution in [0.15, 0.2) is 30.5 Å². The Morgan fingerprint density at radius 2 is 2.15 bits per heavy atom. The minimum Gasteiger partial charge on any atom is -0.480 e. The molecule has 1 unspecified atom stereocenters. The van der Waals surface area contributed by atoms with Gasteiger partial charge in [0.05, 0.1) is 0 Å². The van der Waals surface area contributed by atoms with Crippen LogP contribution < -0.4 is 0 Å². The van der Waals surface area contributed by atoms with Gasteiger partial charge in [0.2, 0.25) is 0 Å². The number of aliphatic carboxylic acids is 1. The maximum atomic E-state index is 11.4. The highest BCUT2D eigenvalue weighted by atomic mass is 16.4. The minimum atomic E-state index is -0.690. The summed E-state index contributed by atoms with van der Waals surface area (Å²) < 4.78 is 2.12. The number of carboxylic acid groups (broad SMARTS) is 1. The van der Waals surface area contributed by atoms with Crippen molar-refractivity contribution in [1.29, 1.82) is 0 Å². The standard InChI is InChI=1S/C16H20N2O2/c1-17-10-12(13-6-2-3-7-14(13)17)11-18-9-5-4-8-15(18)16(19)20/h2-3,6-7,10,15H,4-5,8-9,11H2,1H3,(H,19,20). The lowest BCUT2D eigenvalue weighted by Crippen LogP contribution is -2.43. The van der Waals surface area contributed by atoms with Crippen LogP contribution >= 0.6 is 0 Å². The molecule has 1 atom stereocenters. The average molecular weight is 272 g/mol. The monoisotopic (exact) mass is 272 g/mol. The third-order valence-corrected chi connectivity index (χ3v) is 4.25. The summed E-state index contributed by atoms with van der Waals surface area (Å²) in [6, 6.07) is 7.96. The summed E-state index contributed by atoms with van der Waals surface area (Å²) in [6.45, 7) is 1.60. The number of carbonyl (C=O) groups is 1. The Morgan fingerprint density at radius 1 is 1.35 bits per heavy atom. The second-order valence-corrected chi connectivity index (χ2v) is 5.60. The predicted octanol–water partition coefficient (Wildman–Crippen LogP) is 2.62. The lowest BCUT2D eigenvalue weighted by atomic mass is 10.0. The Kier molecular flexibility index (Phi) is 3.49. The van der Waals surface area contributed by atoms with Crippen molar-refractivity contribution in [1.82, 2.24) is 9.47 Å². The number of rotatable bonds is 3. The largest absolute Gasteiger partial charge is 0.480 e. The van der Waals surface area contributed by atoms with Gasteiger partial charge >= 0.3 is 5.97 Å². The molecule has 3 rings (SSSR count). The van der Waals surface area contributed by atoms with Crippen molar-refractivity contribution in [2.24, 2.45) is 7.05 Å². The summed E-state index contributed by atoms with van der Waals surface area (Å²) in [7, 11) is 2.04. The summed E-state index contributed by atoms with van der Waals surface area (Å²) >= 11 is 0. The highest BCUT2D eigenvalue weighted by Gasteiger charge is 2.28. The highest BCUT2D eigenvalue weighted by Crippen LogP contribution is 2.25. The predicted molar refractivity (Wildman–Crippen MR) is 78.6 cm³/mol. The van der Waals surface area contributed by atoms with Crippen molar-refractivity contribution in [2.45, 2.75) is 31.8 Å². The van der Waals surface area contributed by atoms with E-state index in [0.717, 1.165) is 32.4 Å². The number of fused-ring (bicyclic) bond motifs is 1. The van der Waals surface area contributed by atoms with Gasteiger partial charge in [-0.3, -0.25) is 9.69 Å². The Hall–Kier alpha value is -1.81. The summed E-state index contributed by atoms with van der Waals surface area (Å²) in [4.78, 5) is 13.5. The van der Waals surface area contributed by atoms with Crippen LogP contribution in [0.5, 0.6) is 0 Å². The Bertz CT molecular complexity index is 632. The molecular formula is C16H20N2O2. The number of piperidine rings is 1. The molecule has 1 aliphatic heterocycles. The Labute approximate surface area is 118 Å². The fourth-order valence-corrected chi connectivity index (χ4v) is 3.23. The number of para-hydroxylation sites is 1. The molecule has 1 saturated heterocycles. The van der Waals surface area contributed by atoms with Gasteiger partial charge in [-0.1, -0.05) is 24.6 Å². The van der Waals surface area contributed by atoms with Crippen molar-refractivity contribution in [3.63, 3.8) is 0 Å². The number of carboxylic acids is 1. The molecule has 1 N–H and O–H groups in total. The zero-order valence-electron chi connectivity index (χ0n) is 11.7. The van der Waals surface area contributed by atoms with Gasteiger partial charge in [0.25, 0.3) is 0 Å². The van der Waals surface area contributed by atoms with Crippen LogP contribution in [-0.4, -0.2) is 33.1 Å². The smallest absolute Gasteiger partial charge is 0.320 e. The number of aryl methyl sites for hydroxylation is 1. The van der Waals surface area contributed by atoms with Crippen molar-refractivity contribution in [3.8, 4) is 0 Å².